The quantitative estimate of drug-likeness (QED) is 0.798. The van der Waals surface area contributed by atoms with Gasteiger partial charge in [0.1, 0.15) is 0 Å². The number of benzene rings is 1. The zero-order valence-electron chi connectivity index (χ0n) is 9.83. The molecule has 0 spiro atoms. The molecule has 1 aliphatic rings. The van der Waals surface area contributed by atoms with Crippen molar-refractivity contribution in [1.29, 1.82) is 0 Å². The highest BCUT2D eigenvalue weighted by molar-refractivity contribution is 5.60. The summed E-state index contributed by atoms with van der Waals surface area (Å²) in [5.74, 6) is 0.558. The van der Waals surface area contributed by atoms with Crippen LogP contribution in [-0.2, 0) is 6.42 Å². The lowest BCUT2D eigenvalue weighted by atomic mass is 9.98. The molecule has 0 bridgehead atoms. The van der Waals surface area contributed by atoms with E-state index < -0.39 is 0 Å². The molecule has 15 heavy (non-hydrogen) atoms. The summed E-state index contributed by atoms with van der Waals surface area (Å²) in [6.07, 6.45) is 1.14. The van der Waals surface area contributed by atoms with E-state index in [4.69, 9.17) is 5.73 Å². The van der Waals surface area contributed by atoms with Crippen molar-refractivity contribution in [2.45, 2.75) is 26.3 Å². The maximum atomic E-state index is 5.75. The number of hydrogen-bond acceptors (Lipinski definition) is 2. The monoisotopic (exact) mass is 204 g/mol. The minimum Gasteiger partial charge on any atom is -0.371 e. The van der Waals surface area contributed by atoms with Gasteiger partial charge in [0.15, 0.2) is 0 Å². The SMILES string of the molecule is Cc1ccc2c(c1)CC(C(C)CN)N2C. The van der Waals surface area contributed by atoms with Gasteiger partial charge in [0.2, 0.25) is 0 Å². The van der Waals surface area contributed by atoms with Gasteiger partial charge in [-0.1, -0.05) is 24.6 Å². The summed E-state index contributed by atoms with van der Waals surface area (Å²) in [5, 5.41) is 0. The third-order valence-corrected chi connectivity index (χ3v) is 3.57. The first-order chi connectivity index (χ1) is 7.13. The van der Waals surface area contributed by atoms with Gasteiger partial charge in [-0.15, -0.1) is 0 Å². The first-order valence-electron chi connectivity index (χ1n) is 5.66. The van der Waals surface area contributed by atoms with Crippen molar-refractivity contribution >= 4 is 5.69 Å². The third kappa shape index (κ3) is 1.74. The largest absolute Gasteiger partial charge is 0.371 e. The van der Waals surface area contributed by atoms with Gasteiger partial charge in [-0.2, -0.15) is 0 Å². The van der Waals surface area contributed by atoms with E-state index in [9.17, 15) is 0 Å². The van der Waals surface area contributed by atoms with E-state index in [1.807, 2.05) is 0 Å². The van der Waals surface area contributed by atoms with Crippen LogP contribution in [-0.4, -0.2) is 19.6 Å². The number of anilines is 1. The highest BCUT2D eigenvalue weighted by Crippen LogP contribution is 2.34. The average Bonchev–Trinajstić information content (AvgIpc) is 2.54. The molecule has 0 aliphatic carbocycles. The summed E-state index contributed by atoms with van der Waals surface area (Å²) in [6, 6.07) is 7.29. The summed E-state index contributed by atoms with van der Waals surface area (Å²) < 4.78 is 0. The molecule has 0 radical (unpaired) electrons. The Morgan fingerprint density at radius 2 is 2.27 bits per heavy atom. The summed E-state index contributed by atoms with van der Waals surface area (Å²) in [7, 11) is 2.18. The van der Waals surface area contributed by atoms with Crippen molar-refractivity contribution < 1.29 is 0 Å². The molecular formula is C13H20N2. The average molecular weight is 204 g/mol. The van der Waals surface area contributed by atoms with Crippen molar-refractivity contribution in [3.63, 3.8) is 0 Å². The Hall–Kier alpha value is -1.02. The summed E-state index contributed by atoms with van der Waals surface area (Å²) >= 11 is 0. The molecule has 2 unspecified atom stereocenters. The van der Waals surface area contributed by atoms with Crippen LogP contribution in [0.3, 0.4) is 0 Å². The molecule has 1 aromatic carbocycles. The minimum absolute atomic E-state index is 0.558. The van der Waals surface area contributed by atoms with Crippen LogP contribution in [0.25, 0.3) is 0 Å². The van der Waals surface area contributed by atoms with E-state index in [-0.39, 0.29) is 0 Å². The molecular weight excluding hydrogens is 184 g/mol. The van der Waals surface area contributed by atoms with Gasteiger partial charge < -0.3 is 10.6 Å². The van der Waals surface area contributed by atoms with Crippen LogP contribution in [0, 0.1) is 12.8 Å². The molecule has 2 nitrogen and oxygen atoms in total. The smallest absolute Gasteiger partial charge is 0.0399 e. The maximum Gasteiger partial charge on any atom is 0.0399 e. The van der Waals surface area contributed by atoms with Crippen molar-refractivity contribution in [3.8, 4) is 0 Å². The number of likely N-dealkylation sites (N-methyl/N-ethyl adjacent to an activating group) is 1. The summed E-state index contributed by atoms with van der Waals surface area (Å²) in [5.41, 5.74) is 9.96. The molecule has 82 valence electrons. The van der Waals surface area contributed by atoms with Crippen molar-refractivity contribution in [2.24, 2.45) is 11.7 Å². The molecule has 2 atom stereocenters. The Balaban J connectivity index is 2.28. The Bertz CT molecular complexity index is 360. The highest BCUT2D eigenvalue weighted by Gasteiger charge is 2.29. The van der Waals surface area contributed by atoms with Gasteiger partial charge in [0.05, 0.1) is 0 Å². The predicted octanol–water partition coefficient (Wildman–Crippen LogP) is 1.95. The first kappa shape index (κ1) is 10.5. The first-order valence-corrected chi connectivity index (χ1v) is 5.66. The summed E-state index contributed by atoms with van der Waals surface area (Å²) in [6.45, 7) is 5.15. The Morgan fingerprint density at radius 3 is 2.93 bits per heavy atom. The zero-order chi connectivity index (χ0) is 11.0. The molecule has 0 amide bonds. The Morgan fingerprint density at radius 1 is 1.53 bits per heavy atom. The zero-order valence-corrected chi connectivity index (χ0v) is 9.83. The molecule has 0 saturated heterocycles. The molecule has 1 aliphatic heterocycles. The van der Waals surface area contributed by atoms with Gasteiger partial charge in [0.25, 0.3) is 0 Å². The molecule has 0 saturated carbocycles. The van der Waals surface area contributed by atoms with Gasteiger partial charge >= 0.3 is 0 Å². The Labute approximate surface area is 92.1 Å². The van der Waals surface area contributed by atoms with Crippen LogP contribution in [0.2, 0.25) is 0 Å². The van der Waals surface area contributed by atoms with E-state index in [2.05, 4.69) is 44.0 Å². The molecule has 0 aromatic heterocycles. The number of nitrogens with zero attached hydrogens (tertiary/aromatic N) is 1. The lowest BCUT2D eigenvalue weighted by molar-refractivity contribution is 0.462. The van der Waals surface area contributed by atoms with Crippen LogP contribution in [0.1, 0.15) is 18.1 Å². The van der Waals surface area contributed by atoms with E-state index in [0.29, 0.717) is 12.0 Å². The number of aryl methyl sites for hydroxylation is 1. The second-order valence-corrected chi connectivity index (χ2v) is 4.73. The second-order valence-electron chi connectivity index (χ2n) is 4.73. The lowest BCUT2D eigenvalue weighted by Gasteiger charge is -2.27. The van der Waals surface area contributed by atoms with Crippen molar-refractivity contribution in [2.75, 3.05) is 18.5 Å². The number of hydrogen-bond donors (Lipinski definition) is 1. The van der Waals surface area contributed by atoms with Crippen LogP contribution < -0.4 is 10.6 Å². The van der Waals surface area contributed by atoms with Crippen LogP contribution in [0.4, 0.5) is 5.69 Å². The fraction of sp³-hybridized carbons (Fsp3) is 0.538. The van der Waals surface area contributed by atoms with Gasteiger partial charge in [-0.05, 0) is 37.4 Å². The standard InChI is InChI=1S/C13H20N2/c1-9-4-5-12-11(6-9)7-13(15(12)3)10(2)8-14/h4-6,10,13H,7-8,14H2,1-3H3. The number of nitrogens with two attached hydrogens (primary N) is 1. The van der Waals surface area contributed by atoms with E-state index in [1.165, 1.54) is 16.8 Å². The van der Waals surface area contributed by atoms with Crippen molar-refractivity contribution in [1.82, 2.24) is 0 Å². The molecule has 0 fully saturated rings. The third-order valence-electron chi connectivity index (χ3n) is 3.57. The topological polar surface area (TPSA) is 29.3 Å². The molecule has 2 N–H and O–H groups in total. The highest BCUT2D eigenvalue weighted by atomic mass is 15.2. The minimum atomic E-state index is 0.558. The predicted molar refractivity (Wildman–Crippen MR) is 65.3 cm³/mol. The summed E-state index contributed by atoms with van der Waals surface area (Å²) in [4.78, 5) is 2.38. The maximum absolute atomic E-state index is 5.75. The molecule has 2 rings (SSSR count). The second kappa shape index (κ2) is 3.86. The van der Waals surface area contributed by atoms with Gasteiger partial charge in [0, 0.05) is 18.8 Å². The Kier molecular flexibility index (Phi) is 2.70. The van der Waals surface area contributed by atoms with Gasteiger partial charge in [-0.3, -0.25) is 0 Å². The number of rotatable bonds is 2. The van der Waals surface area contributed by atoms with Crippen molar-refractivity contribution in [3.05, 3.63) is 29.3 Å². The lowest BCUT2D eigenvalue weighted by Crippen LogP contribution is -2.37. The normalized spacial score (nSPS) is 21.6. The fourth-order valence-corrected chi connectivity index (χ4v) is 2.50. The molecule has 2 heteroatoms. The van der Waals surface area contributed by atoms with Crippen LogP contribution >= 0.6 is 0 Å². The van der Waals surface area contributed by atoms with E-state index in [1.54, 1.807) is 0 Å². The number of fused-ring (bicyclic) bond motifs is 1. The van der Waals surface area contributed by atoms with Crippen LogP contribution in [0.5, 0.6) is 0 Å². The van der Waals surface area contributed by atoms with Gasteiger partial charge in [-0.25, -0.2) is 0 Å². The van der Waals surface area contributed by atoms with E-state index in [0.717, 1.165) is 13.0 Å². The van der Waals surface area contributed by atoms with Crippen LogP contribution in [0.15, 0.2) is 18.2 Å². The molecule has 1 heterocycles. The fourth-order valence-electron chi connectivity index (χ4n) is 2.50. The molecule has 1 aromatic rings. The van der Waals surface area contributed by atoms with E-state index >= 15 is 0 Å².